The second-order valence-corrected chi connectivity index (χ2v) is 9.02. The Morgan fingerprint density at radius 2 is 1.94 bits per heavy atom. The third kappa shape index (κ3) is 5.26. The molecule has 0 saturated heterocycles. The highest BCUT2D eigenvalue weighted by Gasteiger charge is 2.19. The lowest BCUT2D eigenvalue weighted by molar-refractivity contribution is -0.113. The highest BCUT2D eigenvalue weighted by molar-refractivity contribution is 7.99. The summed E-state index contributed by atoms with van der Waals surface area (Å²) < 4.78 is 6.68. The maximum Gasteiger partial charge on any atom is 0.340 e. The molecule has 0 unspecified atom stereocenters. The van der Waals surface area contributed by atoms with E-state index in [1.807, 2.05) is 61.8 Å². The summed E-state index contributed by atoms with van der Waals surface area (Å²) in [5.74, 6) is 0.189. The van der Waals surface area contributed by atoms with Gasteiger partial charge in [-0.15, -0.1) is 21.5 Å². The predicted octanol–water partition coefficient (Wildman–Crippen LogP) is 3.69. The van der Waals surface area contributed by atoms with Gasteiger partial charge in [-0.1, -0.05) is 18.7 Å². The minimum atomic E-state index is -0.461. The second kappa shape index (κ2) is 9.97. The van der Waals surface area contributed by atoms with Crippen LogP contribution >= 0.6 is 23.1 Å². The van der Waals surface area contributed by atoms with Crippen LogP contribution in [0.3, 0.4) is 0 Å². The Bertz CT molecular complexity index is 1070. The van der Waals surface area contributed by atoms with Gasteiger partial charge in [-0.2, -0.15) is 0 Å². The highest BCUT2D eigenvalue weighted by Crippen LogP contribution is 2.30. The molecule has 10 heteroatoms. The Balaban J connectivity index is 1.66. The van der Waals surface area contributed by atoms with Crippen molar-refractivity contribution >= 4 is 45.7 Å². The average Bonchev–Trinajstić information content (AvgIpc) is 3.34. The van der Waals surface area contributed by atoms with Gasteiger partial charge in [-0.05, 0) is 36.8 Å². The van der Waals surface area contributed by atoms with Crippen LogP contribution in [-0.4, -0.2) is 53.6 Å². The first-order valence-electron chi connectivity index (χ1n) is 9.64. The van der Waals surface area contributed by atoms with Gasteiger partial charge in [0.2, 0.25) is 5.91 Å². The Labute approximate surface area is 189 Å². The standard InChI is InChI=1S/C21H25N5O3S2/c1-6-15-11-16(20(28)29-5)19(31-15)22-17(27)12-30-21-24-23-18(26(21)4)13-7-9-14(10-8-13)25(2)3/h7-11H,6,12H2,1-5H3,(H,22,27). The highest BCUT2D eigenvalue weighted by atomic mass is 32.2. The number of thioether (sulfide) groups is 1. The lowest BCUT2D eigenvalue weighted by Gasteiger charge is -2.12. The SMILES string of the molecule is CCc1cc(C(=O)OC)c(NC(=O)CSc2nnc(-c3ccc(N(C)C)cc3)n2C)s1. The average molecular weight is 460 g/mol. The Kier molecular flexibility index (Phi) is 7.34. The van der Waals surface area contributed by atoms with E-state index in [4.69, 9.17) is 4.74 Å². The van der Waals surface area contributed by atoms with Gasteiger partial charge in [0.15, 0.2) is 11.0 Å². The minimum absolute atomic E-state index is 0.144. The molecule has 2 heterocycles. The molecule has 0 spiro atoms. The quantitative estimate of drug-likeness (QED) is 0.406. The molecule has 8 nitrogen and oxygen atoms in total. The van der Waals surface area contributed by atoms with Crippen LogP contribution < -0.4 is 10.2 Å². The van der Waals surface area contributed by atoms with Crippen LogP contribution in [0.5, 0.6) is 0 Å². The number of ether oxygens (including phenoxy) is 1. The van der Waals surface area contributed by atoms with E-state index in [0.717, 1.165) is 28.4 Å². The maximum atomic E-state index is 12.5. The fourth-order valence-corrected chi connectivity index (χ4v) is 4.58. The number of rotatable bonds is 8. The molecule has 0 aliphatic carbocycles. The Morgan fingerprint density at radius 3 is 2.55 bits per heavy atom. The number of anilines is 2. The number of thiophene rings is 1. The first-order chi connectivity index (χ1) is 14.8. The van der Waals surface area contributed by atoms with E-state index in [0.29, 0.717) is 15.7 Å². The zero-order valence-electron chi connectivity index (χ0n) is 18.1. The van der Waals surface area contributed by atoms with Crippen molar-refractivity contribution in [3.8, 4) is 11.4 Å². The van der Waals surface area contributed by atoms with E-state index in [2.05, 4.69) is 15.5 Å². The summed E-state index contributed by atoms with van der Waals surface area (Å²) in [6.07, 6.45) is 0.774. The monoisotopic (exact) mass is 459 g/mol. The molecular weight excluding hydrogens is 434 g/mol. The van der Waals surface area contributed by atoms with E-state index in [-0.39, 0.29) is 11.7 Å². The topological polar surface area (TPSA) is 89.3 Å². The first-order valence-corrected chi connectivity index (χ1v) is 11.4. The number of amides is 1. The summed E-state index contributed by atoms with van der Waals surface area (Å²) in [5.41, 5.74) is 2.43. The van der Waals surface area contributed by atoms with E-state index in [1.54, 1.807) is 6.07 Å². The van der Waals surface area contributed by atoms with Crippen molar-refractivity contribution in [2.75, 3.05) is 37.2 Å². The Hall–Kier alpha value is -2.85. The molecule has 2 aromatic heterocycles. The van der Waals surface area contributed by atoms with Gasteiger partial charge in [-0.3, -0.25) is 4.79 Å². The third-order valence-corrected chi connectivity index (χ3v) is 6.81. The van der Waals surface area contributed by atoms with Crippen molar-refractivity contribution in [1.29, 1.82) is 0 Å². The van der Waals surface area contributed by atoms with Crippen molar-refractivity contribution in [2.45, 2.75) is 18.5 Å². The number of methoxy groups -OCH3 is 1. The van der Waals surface area contributed by atoms with Crippen molar-refractivity contribution in [2.24, 2.45) is 7.05 Å². The molecule has 1 N–H and O–H groups in total. The molecule has 164 valence electrons. The largest absolute Gasteiger partial charge is 0.465 e. The summed E-state index contributed by atoms with van der Waals surface area (Å²) in [6, 6.07) is 9.80. The molecule has 3 rings (SSSR count). The molecule has 1 amide bonds. The molecule has 0 saturated carbocycles. The smallest absolute Gasteiger partial charge is 0.340 e. The van der Waals surface area contributed by atoms with Crippen molar-refractivity contribution in [3.05, 3.63) is 40.8 Å². The zero-order valence-corrected chi connectivity index (χ0v) is 19.8. The molecule has 3 aromatic rings. The van der Waals surface area contributed by atoms with Gasteiger partial charge in [0.25, 0.3) is 0 Å². The van der Waals surface area contributed by atoms with E-state index < -0.39 is 5.97 Å². The van der Waals surface area contributed by atoms with Gasteiger partial charge in [0.1, 0.15) is 5.00 Å². The number of nitrogens with zero attached hydrogens (tertiary/aromatic N) is 4. The van der Waals surface area contributed by atoms with Crippen molar-refractivity contribution < 1.29 is 14.3 Å². The van der Waals surface area contributed by atoms with Crippen LogP contribution in [0.15, 0.2) is 35.5 Å². The minimum Gasteiger partial charge on any atom is -0.465 e. The number of nitrogens with one attached hydrogen (secondary N) is 1. The van der Waals surface area contributed by atoms with Crippen LogP contribution in [0.25, 0.3) is 11.4 Å². The van der Waals surface area contributed by atoms with Crippen molar-refractivity contribution in [3.63, 3.8) is 0 Å². The van der Waals surface area contributed by atoms with Crippen LogP contribution in [0.2, 0.25) is 0 Å². The zero-order chi connectivity index (χ0) is 22.5. The summed E-state index contributed by atoms with van der Waals surface area (Å²) in [5, 5.41) is 12.5. The summed E-state index contributed by atoms with van der Waals surface area (Å²) >= 11 is 2.67. The van der Waals surface area contributed by atoms with Crippen LogP contribution in [-0.2, 0) is 23.0 Å². The van der Waals surface area contributed by atoms with Gasteiger partial charge in [0, 0.05) is 37.3 Å². The molecule has 0 aliphatic rings. The number of benzene rings is 1. The van der Waals surface area contributed by atoms with Gasteiger partial charge >= 0.3 is 5.97 Å². The number of aryl methyl sites for hydroxylation is 1. The third-order valence-electron chi connectivity index (χ3n) is 4.60. The van der Waals surface area contributed by atoms with Gasteiger partial charge in [0.05, 0.1) is 18.4 Å². The van der Waals surface area contributed by atoms with E-state index in [1.165, 1.54) is 30.2 Å². The first kappa shape index (κ1) is 22.8. The number of carbonyl (C=O) groups excluding carboxylic acids is 2. The van der Waals surface area contributed by atoms with E-state index >= 15 is 0 Å². The fraction of sp³-hybridized carbons (Fsp3) is 0.333. The van der Waals surface area contributed by atoms with Crippen LogP contribution in [0.4, 0.5) is 10.7 Å². The molecule has 31 heavy (non-hydrogen) atoms. The second-order valence-electron chi connectivity index (χ2n) is 6.94. The normalized spacial score (nSPS) is 10.7. The lowest BCUT2D eigenvalue weighted by Crippen LogP contribution is -2.16. The molecule has 1 aromatic carbocycles. The van der Waals surface area contributed by atoms with Crippen LogP contribution in [0.1, 0.15) is 22.2 Å². The molecule has 0 aliphatic heterocycles. The van der Waals surface area contributed by atoms with Gasteiger partial charge < -0.3 is 19.5 Å². The fourth-order valence-electron chi connectivity index (χ4n) is 2.86. The number of aromatic nitrogens is 3. The number of hydrogen-bond donors (Lipinski definition) is 1. The maximum absolute atomic E-state index is 12.5. The summed E-state index contributed by atoms with van der Waals surface area (Å²) in [6.45, 7) is 1.99. The summed E-state index contributed by atoms with van der Waals surface area (Å²) in [7, 11) is 7.18. The molecule has 0 atom stereocenters. The summed E-state index contributed by atoms with van der Waals surface area (Å²) in [4.78, 5) is 27.5. The number of esters is 1. The van der Waals surface area contributed by atoms with E-state index in [9.17, 15) is 9.59 Å². The predicted molar refractivity (Wildman–Crippen MR) is 125 cm³/mol. The molecule has 0 bridgehead atoms. The van der Waals surface area contributed by atoms with Crippen LogP contribution in [0, 0.1) is 0 Å². The lowest BCUT2D eigenvalue weighted by atomic mass is 10.2. The number of hydrogen-bond acceptors (Lipinski definition) is 8. The van der Waals surface area contributed by atoms with Crippen molar-refractivity contribution in [1.82, 2.24) is 14.8 Å². The molecule has 0 radical (unpaired) electrons. The number of carbonyl (C=O) groups is 2. The molecule has 0 fully saturated rings. The van der Waals surface area contributed by atoms with Gasteiger partial charge in [-0.25, -0.2) is 4.79 Å². The Morgan fingerprint density at radius 1 is 1.23 bits per heavy atom. The molecular formula is C21H25N5O3S2.